The minimum atomic E-state index is -0.694. The SMILES string of the molecule is CC=C(C)C(C)CCCC(=O)O. The molecule has 0 aliphatic carbocycles. The first-order chi connectivity index (χ1) is 5.57. The van der Waals surface area contributed by atoms with Gasteiger partial charge in [0.2, 0.25) is 0 Å². The maximum absolute atomic E-state index is 10.2. The summed E-state index contributed by atoms with van der Waals surface area (Å²) < 4.78 is 0. The van der Waals surface area contributed by atoms with Crippen LogP contribution in [0.5, 0.6) is 0 Å². The van der Waals surface area contributed by atoms with Gasteiger partial charge in [0.25, 0.3) is 0 Å². The van der Waals surface area contributed by atoms with Crippen LogP contribution in [0.25, 0.3) is 0 Å². The first kappa shape index (κ1) is 11.2. The Labute approximate surface area is 74.3 Å². The summed E-state index contributed by atoms with van der Waals surface area (Å²) in [6.07, 6.45) is 4.14. The Kier molecular flexibility index (Phi) is 5.43. The van der Waals surface area contributed by atoms with Gasteiger partial charge in [0.15, 0.2) is 0 Å². The lowest BCUT2D eigenvalue weighted by Gasteiger charge is -2.10. The van der Waals surface area contributed by atoms with Crippen LogP contribution in [0.4, 0.5) is 0 Å². The van der Waals surface area contributed by atoms with E-state index in [9.17, 15) is 4.79 Å². The van der Waals surface area contributed by atoms with Gasteiger partial charge >= 0.3 is 5.97 Å². The summed E-state index contributed by atoms with van der Waals surface area (Å²) in [5.41, 5.74) is 1.35. The fourth-order valence-corrected chi connectivity index (χ4v) is 1.07. The molecule has 70 valence electrons. The zero-order valence-electron chi connectivity index (χ0n) is 8.13. The fraction of sp³-hybridized carbons (Fsp3) is 0.700. The molecule has 0 saturated carbocycles. The molecule has 1 unspecified atom stereocenters. The van der Waals surface area contributed by atoms with Gasteiger partial charge in [0.1, 0.15) is 0 Å². The third-order valence-electron chi connectivity index (χ3n) is 2.26. The first-order valence-corrected chi connectivity index (χ1v) is 4.42. The quantitative estimate of drug-likeness (QED) is 0.644. The summed E-state index contributed by atoms with van der Waals surface area (Å²) in [6.45, 7) is 6.24. The molecule has 0 rings (SSSR count). The number of carboxylic acids is 1. The zero-order valence-corrected chi connectivity index (χ0v) is 8.13. The van der Waals surface area contributed by atoms with Gasteiger partial charge in [-0.15, -0.1) is 0 Å². The van der Waals surface area contributed by atoms with E-state index in [1.54, 1.807) is 0 Å². The van der Waals surface area contributed by atoms with Crippen LogP contribution in [0.2, 0.25) is 0 Å². The van der Waals surface area contributed by atoms with Crippen molar-refractivity contribution >= 4 is 5.97 Å². The minimum absolute atomic E-state index is 0.293. The normalized spacial score (nSPS) is 14.4. The van der Waals surface area contributed by atoms with Crippen molar-refractivity contribution in [2.75, 3.05) is 0 Å². The second-order valence-corrected chi connectivity index (χ2v) is 3.22. The second kappa shape index (κ2) is 5.81. The van der Waals surface area contributed by atoms with Gasteiger partial charge in [0.05, 0.1) is 0 Å². The molecule has 0 amide bonds. The molecule has 0 fully saturated rings. The largest absolute Gasteiger partial charge is 0.481 e. The maximum Gasteiger partial charge on any atom is 0.303 e. The van der Waals surface area contributed by atoms with Gasteiger partial charge in [-0.2, -0.15) is 0 Å². The van der Waals surface area contributed by atoms with E-state index in [0.717, 1.165) is 12.8 Å². The Morgan fingerprint density at radius 2 is 2.17 bits per heavy atom. The van der Waals surface area contributed by atoms with E-state index >= 15 is 0 Å². The van der Waals surface area contributed by atoms with Crippen LogP contribution in [0.1, 0.15) is 40.0 Å². The average molecular weight is 170 g/mol. The summed E-state index contributed by atoms with van der Waals surface area (Å²) in [7, 11) is 0. The Morgan fingerprint density at radius 3 is 2.58 bits per heavy atom. The highest BCUT2D eigenvalue weighted by atomic mass is 16.4. The molecule has 0 aromatic rings. The van der Waals surface area contributed by atoms with E-state index in [1.165, 1.54) is 5.57 Å². The van der Waals surface area contributed by atoms with Gasteiger partial charge in [-0.05, 0) is 32.6 Å². The molecule has 0 bridgehead atoms. The average Bonchev–Trinajstić information content (AvgIpc) is 2.02. The lowest BCUT2D eigenvalue weighted by Crippen LogP contribution is -1.99. The molecule has 2 nitrogen and oxygen atoms in total. The molecule has 1 atom stereocenters. The molecular weight excluding hydrogens is 152 g/mol. The third kappa shape index (κ3) is 4.94. The van der Waals surface area contributed by atoms with Crippen molar-refractivity contribution in [2.24, 2.45) is 5.92 Å². The number of rotatable bonds is 5. The summed E-state index contributed by atoms with van der Waals surface area (Å²) in [5, 5.41) is 8.41. The molecule has 0 aliphatic rings. The molecule has 12 heavy (non-hydrogen) atoms. The van der Waals surface area contributed by atoms with Crippen molar-refractivity contribution in [2.45, 2.75) is 40.0 Å². The lowest BCUT2D eigenvalue weighted by molar-refractivity contribution is -0.137. The molecule has 0 radical (unpaired) electrons. The van der Waals surface area contributed by atoms with E-state index in [4.69, 9.17) is 5.11 Å². The van der Waals surface area contributed by atoms with E-state index in [-0.39, 0.29) is 0 Å². The van der Waals surface area contributed by atoms with Crippen LogP contribution < -0.4 is 0 Å². The lowest BCUT2D eigenvalue weighted by atomic mass is 9.96. The summed E-state index contributed by atoms with van der Waals surface area (Å²) in [4.78, 5) is 10.2. The molecule has 1 N–H and O–H groups in total. The van der Waals surface area contributed by atoms with E-state index in [1.807, 2.05) is 6.92 Å². The van der Waals surface area contributed by atoms with Crippen molar-refractivity contribution < 1.29 is 9.90 Å². The van der Waals surface area contributed by atoms with Crippen molar-refractivity contribution in [3.63, 3.8) is 0 Å². The van der Waals surface area contributed by atoms with Crippen LogP contribution >= 0.6 is 0 Å². The molecule has 0 aliphatic heterocycles. The van der Waals surface area contributed by atoms with Gasteiger partial charge in [-0.3, -0.25) is 4.79 Å². The summed E-state index contributed by atoms with van der Waals surface area (Å²) in [6, 6.07) is 0. The Morgan fingerprint density at radius 1 is 1.58 bits per heavy atom. The van der Waals surface area contributed by atoms with E-state index in [2.05, 4.69) is 19.9 Å². The van der Waals surface area contributed by atoms with E-state index < -0.39 is 5.97 Å². The Bertz CT molecular complexity index is 171. The molecule has 2 heteroatoms. The van der Waals surface area contributed by atoms with Gasteiger partial charge in [-0.1, -0.05) is 18.6 Å². The van der Waals surface area contributed by atoms with E-state index in [0.29, 0.717) is 12.3 Å². The molecule has 0 aromatic heterocycles. The molecule has 0 saturated heterocycles. The number of carbonyl (C=O) groups is 1. The second-order valence-electron chi connectivity index (χ2n) is 3.22. The van der Waals surface area contributed by atoms with Crippen LogP contribution in [0.3, 0.4) is 0 Å². The standard InChI is InChI=1S/C10H18O2/c1-4-8(2)9(3)6-5-7-10(11)12/h4,9H,5-7H2,1-3H3,(H,11,12). The molecular formula is C10H18O2. The van der Waals surface area contributed by atoms with Crippen molar-refractivity contribution in [1.82, 2.24) is 0 Å². The van der Waals surface area contributed by atoms with Crippen LogP contribution in [-0.2, 0) is 4.79 Å². The molecule has 0 aromatic carbocycles. The first-order valence-electron chi connectivity index (χ1n) is 4.42. The van der Waals surface area contributed by atoms with Gasteiger partial charge < -0.3 is 5.11 Å². The van der Waals surface area contributed by atoms with Crippen LogP contribution in [0.15, 0.2) is 11.6 Å². The van der Waals surface area contributed by atoms with Gasteiger partial charge in [-0.25, -0.2) is 0 Å². The van der Waals surface area contributed by atoms with Crippen molar-refractivity contribution in [1.29, 1.82) is 0 Å². The zero-order chi connectivity index (χ0) is 9.56. The number of allylic oxidation sites excluding steroid dienone is 2. The maximum atomic E-state index is 10.2. The Balaban J connectivity index is 3.57. The minimum Gasteiger partial charge on any atom is -0.481 e. The van der Waals surface area contributed by atoms with Crippen molar-refractivity contribution in [3.05, 3.63) is 11.6 Å². The predicted octanol–water partition coefficient (Wildman–Crippen LogP) is 2.84. The predicted molar refractivity (Wildman–Crippen MR) is 50.1 cm³/mol. The highest BCUT2D eigenvalue weighted by Crippen LogP contribution is 2.16. The number of hydrogen-bond acceptors (Lipinski definition) is 1. The topological polar surface area (TPSA) is 37.3 Å². The third-order valence-corrected chi connectivity index (χ3v) is 2.26. The summed E-state index contributed by atoms with van der Waals surface area (Å²) in [5.74, 6) is -0.172. The number of carboxylic acid groups (broad SMARTS) is 1. The fourth-order valence-electron chi connectivity index (χ4n) is 1.07. The highest BCUT2D eigenvalue weighted by Gasteiger charge is 2.04. The number of hydrogen-bond donors (Lipinski definition) is 1. The number of aliphatic carboxylic acids is 1. The molecule has 0 heterocycles. The van der Waals surface area contributed by atoms with Gasteiger partial charge in [0, 0.05) is 6.42 Å². The smallest absolute Gasteiger partial charge is 0.303 e. The Hall–Kier alpha value is -0.790. The summed E-state index contributed by atoms with van der Waals surface area (Å²) >= 11 is 0. The molecule has 0 spiro atoms. The van der Waals surface area contributed by atoms with Crippen molar-refractivity contribution in [3.8, 4) is 0 Å². The monoisotopic (exact) mass is 170 g/mol. The highest BCUT2D eigenvalue weighted by molar-refractivity contribution is 5.66. The van der Waals surface area contributed by atoms with Crippen LogP contribution in [-0.4, -0.2) is 11.1 Å². The van der Waals surface area contributed by atoms with Crippen LogP contribution in [0, 0.1) is 5.92 Å².